The maximum Gasteiger partial charge on any atom is 0.141 e. The number of fused-ring (bicyclic) bond motifs is 1. The zero-order valence-corrected chi connectivity index (χ0v) is 15.3. The van der Waals surface area contributed by atoms with Crippen LogP contribution in [0, 0.1) is 5.41 Å². The number of nitrogens with one attached hydrogen (secondary N) is 3. The van der Waals surface area contributed by atoms with Gasteiger partial charge in [-0.2, -0.15) is 0 Å². The average Bonchev–Trinajstić information content (AvgIpc) is 3.13. The van der Waals surface area contributed by atoms with Gasteiger partial charge in [0.15, 0.2) is 0 Å². The van der Waals surface area contributed by atoms with Gasteiger partial charge in [0.2, 0.25) is 0 Å². The van der Waals surface area contributed by atoms with E-state index >= 15 is 0 Å². The van der Waals surface area contributed by atoms with E-state index in [1.54, 1.807) is 0 Å². The minimum atomic E-state index is 0.296. The minimum Gasteiger partial charge on any atom is -0.383 e. The Kier molecular flexibility index (Phi) is 5.02. The molecule has 1 saturated heterocycles. The van der Waals surface area contributed by atoms with Crippen LogP contribution in [0.1, 0.15) is 30.5 Å². The molecule has 4 rings (SSSR count). The van der Waals surface area contributed by atoms with Crippen molar-refractivity contribution in [3.8, 4) is 0 Å². The first-order valence-corrected chi connectivity index (χ1v) is 9.46. The fraction of sp³-hybridized carbons (Fsp3) is 0.350. The number of hydrogen-bond donors (Lipinski definition) is 4. The molecule has 1 aromatic carbocycles. The summed E-state index contributed by atoms with van der Waals surface area (Å²) in [5.74, 6) is 0.928. The van der Waals surface area contributed by atoms with E-state index in [-0.39, 0.29) is 0 Å². The van der Waals surface area contributed by atoms with Gasteiger partial charge in [-0.1, -0.05) is 24.6 Å². The molecule has 5 N–H and O–H groups in total. The predicted octanol–water partition coefficient (Wildman–Crippen LogP) is 2.85. The van der Waals surface area contributed by atoms with Crippen LogP contribution in [0.25, 0.3) is 10.9 Å². The Morgan fingerprint density at radius 2 is 2.00 bits per heavy atom. The molecule has 0 spiro atoms. The van der Waals surface area contributed by atoms with Gasteiger partial charge in [-0.3, -0.25) is 5.41 Å². The molecule has 27 heavy (non-hydrogen) atoms. The molecule has 0 saturated carbocycles. The van der Waals surface area contributed by atoms with Crippen molar-refractivity contribution < 1.29 is 0 Å². The quantitative estimate of drug-likeness (QED) is 0.504. The molecule has 2 aromatic heterocycles. The van der Waals surface area contributed by atoms with Crippen LogP contribution in [0.3, 0.4) is 0 Å². The lowest BCUT2D eigenvalue weighted by atomic mass is 10.1. The van der Waals surface area contributed by atoms with Crippen LogP contribution in [0.4, 0.5) is 11.6 Å². The monoisotopic (exact) mass is 363 g/mol. The van der Waals surface area contributed by atoms with Gasteiger partial charge in [0.05, 0.1) is 17.0 Å². The lowest BCUT2D eigenvalue weighted by Gasteiger charge is -2.26. The van der Waals surface area contributed by atoms with Crippen molar-refractivity contribution in [3.63, 3.8) is 0 Å². The molecule has 0 unspecified atom stereocenters. The fourth-order valence-corrected chi connectivity index (χ4v) is 3.64. The topological polar surface area (TPSA) is 107 Å². The number of aromatic nitrogens is 3. The van der Waals surface area contributed by atoms with E-state index in [1.807, 2.05) is 30.3 Å². The first-order chi connectivity index (χ1) is 13.2. The number of piperidine rings is 1. The summed E-state index contributed by atoms with van der Waals surface area (Å²) in [4.78, 5) is 14.2. The molecular formula is C20H25N7. The maximum absolute atomic E-state index is 8.67. The van der Waals surface area contributed by atoms with E-state index in [4.69, 9.17) is 11.1 Å². The Balaban J connectivity index is 1.53. The molecule has 0 atom stereocenters. The third-order valence-corrected chi connectivity index (χ3v) is 5.10. The summed E-state index contributed by atoms with van der Waals surface area (Å²) < 4.78 is 0. The van der Waals surface area contributed by atoms with E-state index < -0.39 is 0 Å². The van der Waals surface area contributed by atoms with Crippen LogP contribution in [-0.4, -0.2) is 51.7 Å². The predicted molar refractivity (Wildman–Crippen MR) is 109 cm³/mol. The van der Waals surface area contributed by atoms with Crippen molar-refractivity contribution >= 4 is 28.3 Å². The van der Waals surface area contributed by atoms with E-state index in [9.17, 15) is 0 Å². The van der Waals surface area contributed by atoms with Crippen LogP contribution in [0.2, 0.25) is 0 Å². The minimum absolute atomic E-state index is 0.296. The summed E-state index contributed by atoms with van der Waals surface area (Å²) in [6.45, 7) is 4.04. The number of hydrogen-bond acceptors (Lipinski definition) is 6. The molecule has 1 aliphatic heterocycles. The highest BCUT2D eigenvalue weighted by Crippen LogP contribution is 2.23. The number of likely N-dealkylation sites (tertiary alicyclic amines) is 1. The number of rotatable bonds is 6. The molecule has 0 radical (unpaired) electrons. The van der Waals surface area contributed by atoms with Crippen molar-refractivity contribution in [1.82, 2.24) is 19.9 Å². The van der Waals surface area contributed by atoms with Gasteiger partial charge in [-0.15, -0.1) is 0 Å². The second-order valence-electron chi connectivity index (χ2n) is 6.96. The highest BCUT2D eigenvalue weighted by Gasteiger charge is 2.18. The molecule has 1 fully saturated rings. The van der Waals surface area contributed by atoms with Crippen LogP contribution in [0.15, 0.2) is 36.7 Å². The largest absolute Gasteiger partial charge is 0.383 e. The molecule has 1 aliphatic rings. The number of nitrogens with zero attached hydrogens (tertiary/aromatic N) is 3. The summed E-state index contributed by atoms with van der Waals surface area (Å²) >= 11 is 0. The van der Waals surface area contributed by atoms with E-state index in [0.29, 0.717) is 28.6 Å². The van der Waals surface area contributed by atoms with Crippen LogP contribution >= 0.6 is 0 Å². The molecule has 0 bridgehead atoms. The van der Waals surface area contributed by atoms with Crippen LogP contribution in [-0.2, 0) is 0 Å². The number of para-hydroxylation sites is 1. The van der Waals surface area contributed by atoms with Crippen molar-refractivity contribution in [2.24, 2.45) is 0 Å². The smallest absolute Gasteiger partial charge is 0.141 e. The van der Waals surface area contributed by atoms with Gasteiger partial charge in [0.1, 0.15) is 18.0 Å². The Morgan fingerprint density at radius 1 is 1.19 bits per heavy atom. The summed E-state index contributed by atoms with van der Waals surface area (Å²) in [6.07, 6.45) is 5.33. The highest BCUT2D eigenvalue weighted by molar-refractivity contribution is 6.16. The third kappa shape index (κ3) is 3.78. The SMILES string of the molecule is N=C(c1cc2ccccc2[nH]1)c1c(N)ncnc1NCCN1CCCCC1. The average molecular weight is 363 g/mol. The number of anilines is 2. The molecule has 7 heteroatoms. The van der Waals surface area contributed by atoms with Gasteiger partial charge in [0.25, 0.3) is 0 Å². The first-order valence-electron chi connectivity index (χ1n) is 9.46. The summed E-state index contributed by atoms with van der Waals surface area (Å²) in [5, 5.41) is 13.1. The second-order valence-corrected chi connectivity index (χ2v) is 6.96. The summed E-state index contributed by atoms with van der Waals surface area (Å²) in [6, 6.07) is 9.93. The second kappa shape index (κ2) is 7.75. The van der Waals surface area contributed by atoms with E-state index in [2.05, 4.69) is 25.2 Å². The zero-order chi connectivity index (χ0) is 18.6. The van der Waals surface area contributed by atoms with Crippen molar-refractivity contribution in [2.75, 3.05) is 37.2 Å². The molecule has 0 amide bonds. The van der Waals surface area contributed by atoms with Crippen molar-refractivity contribution in [1.29, 1.82) is 5.41 Å². The number of aromatic amines is 1. The number of nitrogens with two attached hydrogens (primary N) is 1. The Morgan fingerprint density at radius 3 is 2.81 bits per heavy atom. The number of nitrogen functional groups attached to an aromatic ring is 1. The molecule has 3 aromatic rings. The van der Waals surface area contributed by atoms with Gasteiger partial charge < -0.3 is 20.9 Å². The summed E-state index contributed by atoms with van der Waals surface area (Å²) in [7, 11) is 0. The lowest BCUT2D eigenvalue weighted by molar-refractivity contribution is 0.237. The third-order valence-electron chi connectivity index (χ3n) is 5.10. The normalized spacial score (nSPS) is 15.1. The van der Waals surface area contributed by atoms with Gasteiger partial charge in [-0.25, -0.2) is 9.97 Å². The van der Waals surface area contributed by atoms with E-state index in [1.165, 1.54) is 25.6 Å². The number of benzene rings is 1. The summed E-state index contributed by atoms with van der Waals surface area (Å²) in [5.41, 5.74) is 8.65. The van der Waals surface area contributed by atoms with Gasteiger partial charge >= 0.3 is 0 Å². The molecule has 3 heterocycles. The van der Waals surface area contributed by atoms with Gasteiger partial charge in [-0.05, 0) is 38.1 Å². The Bertz CT molecular complexity index is 907. The van der Waals surface area contributed by atoms with Gasteiger partial charge in [0, 0.05) is 24.0 Å². The fourth-order valence-electron chi connectivity index (χ4n) is 3.64. The van der Waals surface area contributed by atoms with Crippen molar-refractivity contribution in [3.05, 3.63) is 47.9 Å². The molecule has 0 aliphatic carbocycles. The van der Waals surface area contributed by atoms with Crippen LogP contribution in [0.5, 0.6) is 0 Å². The number of H-pyrrole nitrogens is 1. The Labute approximate surface area is 158 Å². The molecular weight excluding hydrogens is 338 g/mol. The Hall–Kier alpha value is -2.93. The molecule has 7 nitrogen and oxygen atoms in total. The highest BCUT2D eigenvalue weighted by atomic mass is 15.1. The van der Waals surface area contributed by atoms with E-state index in [0.717, 1.165) is 37.1 Å². The standard InChI is InChI=1S/C20H25N7/c21-18(16-12-14-6-2-3-7-15(14)26-16)17-19(22)24-13-25-20(17)23-8-11-27-9-4-1-5-10-27/h2-3,6-7,12-13,21,26H,1,4-5,8-11H2,(H3,22,23,24,25). The lowest BCUT2D eigenvalue weighted by Crippen LogP contribution is -2.34. The zero-order valence-electron chi connectivity index (χ0n) is 15.3. The maximum atomic E-state index is 8.67. The first kappa shape index (κ1) is 17.5. The van der Waals surface area contributed by atoms with Crippen LogP contribution < -0.4 is 11.1 Å². The molecule has 140 valence electrons. The van der Waals surface area contributed by atoms with Crippen molar-refractivity contribution in [2.45, 2.75) is 19.3 Å².